The molecule has 4 nitrogen and oxygen atoms in total. The summed E-state index contributed by atoms with van der Waals surface area (Å²) >= 11 is 0. The number of rotatable bonds is 5. The number of carbonyl (C=O) groups excluding carboxylic acids is 1. The molecule has 1 aromatic heterocycles. The van der Waals surface area contributed by atoms with Crippen LogP contribution in [0.4, 0.5) is 0 Å². The lowest BCUT2D eigenvalue weighted by Crippen LogP contribution is -2.03. The average Bonchev–Trinajstić information content (AvgIpc) is 2.98. The van der Waals surface area contributed by atoms with Crippen LogP contribution < -0.4 is 4.74 Å². The van der Waals surface area contributed by atoms with Gasteiger partial charge in [0.25, 0.3) is 0 Å². The number of imidazole rings is 1. The predicted molar refractivity (Wildman–Crippen MR) is 96.5 cm³/mol. The largest absolute Gasteiger partial charge is 0.497 e. The van der Waals surface area contributed by atoms with Gasteiger partial charge in [-0.1, -0.05) is 24.3 Å². The Kier molecular flexibility index (Phi) is 4.47. The fourth-order valence-electron chi connectivity index (χ4n) is 2.75. The lowest BCUT2D eigenvalue weighted by Gasteiger charge is -2.10. The van der Waals surface area contributed by atoms with E-state index < -0.39 is 0 Å². The highest BCUT2D eigenvalue weighted by molar-refractivity contribution is 6.07. The number of ether oxygens (including phenoxy) is 1. The molecule has 0 aliphatic heterocycles. The zero-order chi connectivity index (χ0) is 17.1. The number of carbonyl (C=O) groups is 1. The van der Waals surface area contributed by atoms with Crippen LogP contribution in [0.2, 0.25) is 0 Å². The number of methoxy groups -OCH3 is 1. The Morgan fingerprint density at radius 2 is 1.96 bits per heavy atom. The third kappa shape index (κ3) is 3.08. The fourth-order valence-corrected chi connectivity index (χ4v) is 2.75. The molecule has 0 amide bonds. The summed E-state index contributed by atoms with van der Waals surface area (Å²) in [6, 6.07) is 15.4. The Labute approximate surface area is 141 Å². The Morgan fingerprint density at radius 1 is 1.17 bits per heavy atom. The van der Waals surface area contributed by atoms with Gasteiger partial charge in [-0.15, -0.1) is 0 Å². The minimum absolute atomic E-state index is 0.0729. The van der Waals surface area contributed by atoms with Crippen LogP contribution in [0, 0.1) is 0 Å². The predicted octanol–water partition coefficient (Wildman–Crippen LogP) is 4.52. The molecule has 0 fully saturated rings. The van der Waals surface area contributed by atoms with Gasteiger partial charge in [-0.2, -0.15) is 0 Å². The van der Waals surface area contributed by atoms with Gasteiger partial charge in [-0.05, 0) is 50.3 Å². The van der Waals surface area contributed by atoms with E-state index in [1.165, 1.54) is 0 Å². The van der Waals surface area contributed by atoms with Gasteiger partial charge in [0, 0.05) is 11.6 Å². The first-order chi connectivity index (χ1) is 11.6. The van der Waals surface area contributed by atoms with Gasteiger partial charge in [0.15, 0.2) is 5.78 Å². The summed E-state index contributed by atoms with van der Waals surface area (Å²) in [5, 5.41) is 0. The third-order valence-electron chi connectivity index (χ3n) is 3.88. The van der Waals surface area contributed by atoms with E-state index >= 15 is 0 Å². The summed E-state index contributed by atoms with van der Waals surface area (Å²) in [4.78, 5) is 17.0. The van der Waals surface area contributed by atoms with Crippen molar-refractivity contribution in [3.63, 3.8) is 0 Å². The Bertz CT molecular complexity index is 907. The minimum Gasteiger partial charge on any atom is -0.497 e. The number of fused-ring (bicyclic) bond motifs is 1. The second-order valence-electron chi connectivity index (χ2n) is 5.85. The highest BCUT2D eigenvalue weighted by atomic mass is 16.5. The van der Waals surface area contributed by atoms with Crippen LogP contribution in [-0.4, -0.2) is 22.4 Å². The van der Waals surface area contributed by atoms with Crippen LogP contribution in [0.25, 0.3) is 17.1 Å². The van der Waals surface area contributed by atoms with Gasteiger partial charge < -0.3 is 9.30 Å². The molecule has 0 radical (unpaired) electrons. The van der Waals surface area contributed by atoms with E-state index in [4.69, 9.17) is 4.74 Å². The molecule has 0 N–H and O–H groups in total. The molecule has 0 unspecified atom stereocenters. The molecule has 0 aliphatic carbocycles. The van der Waals surface area contributed by atoms with Crippen molar-refractivity contribution in [2.24, 2.45) is 0 Å². The molecule has 24 heavy (non-hydrogen) atoms. The van der Waals surface area contributed by atoms with Crippen molar-refractivity contribution in [1.29, 1.82) is 0 Å². The van der Waals surface area contributed by atoms with Gasteiger partial charge in [0.05, 0.1) is 18.1 Å². The maximum Gasteiger partial charge on any atom is 0.186 e. The van der Waals surface area contributed by atoms with Crippen LogP contribution in [0.3, 0.4) is 0 Å². The molecule has 1 heterocycles. The normalized spacial score (nSPS) is 11.5. The number of aromatic nitrogens is 2. The first-order valence-electron chi connectivity index (χ1n) is 7.93. The number of ketones is 1. The van der Waals surface area contributed by atoms with E-state index in [0.717, 1.165) is 16.9 Å². The van der Waals surface area contributed by atoms with Crippen molar-refractivity contribution >= 4 is 22.9 Å². The molecular weight excluding hydrogens is 300 g/mol. The van der Waals surface area contributed by atoms with Gasteiger partial charge in [0.1, 0.15) is 11.6 Å². The number of hydrogen-bond donors (Lipinski definition) is 0. The molecular formula is C20H20N2O2. The number of para-hydroxylation sites is 2. The van der Waals surface area contributed by atoms with E-state index in [0.29, 0.717) is 11.3 Å². The SMILES string of the molecule is COc1cccc(C(=O)/C=C/c2nc3ccccc3n2C(C)C)c1. The molecule has 0 atom stereocenters. The molecule has 2 aromatic carbocycles. The maximum absolute atomic E-state index is 12.4. The first kappa shape index (κ1) is 16.0. The van der Waals surface area contributed by atoms with Crippen molar-refractivity contribution in [2.45, 2.75) is 19.9 Å². The molecule has 3 rings (SSSR count). The molecule has 122 valence electrons. The van der Waals surface area contributed by atoms with Crippen molar-refractivity contribution in [3.8, 4) is 5.75 Å². The van der Waals surface area contributed by atoms with Gasteiger partial charge in [0.2, 0.25) is 0 Å². The standard InChI is InChI=1S/C20H20N2O2/c1-14(2)22-18-10-5-4-9-17(18)21-20(22)12-11-19(23)15-7-6-8-16(13-15)24-3/h4-14H,1-3H3/b12-11+. The average molecular weight is 320 g/mol. The summed E-state index contributed by atoms with van der Waals surface area (Å²) in [6.07, 6.45) is 3.34. The third-order valence-corrected chi connectivity index (χ3v) is 3.88. The monoisotopic (exact) mass is 320 g/mol. The van der Waals surface area contributed by atoms with E-state index in [1.54, 1.807) is 31.4 Å². The molecule has 0 aliphatic rings. The van der Waals surface area contributed by atoms with Crippen molar-refractivity contribution < 1.29 is 9.53 Å². The summed E-state index contributed by atoms with van der Waals surface area (Å²) in [5.41, 5.74) is 2.60. The maximum atomic E-state index is 12.4. The second kappa shape index (κ2) is 6.71. The summed E-state index contributed by atoms with van der Waals surface area (Å²) in [5.74, 6) is 1.38. The highest BCUT2D eigenvalue weighted by Gasteiger charge is 2.11. The zero-order valence-electron chi connectivity index (χ0n) is 14.1. The summed E-state index contributed by atoms with van der Waals surface area (Å²) < 4.78 is 7.30. The van der Waals surface area contributed by atoms with Crippen LogP contribution in [0.5, 0.6) is 5.75 Å². The Morgan fingerprint density at radius 3 is 2.71 bits per heavy atom. The first-order valence-corrected chi connectivity index (χ1v) is 7.93. The lowest BCUT2D eigenvalue weighted by molar-refractivity contribution is 0.104. The number of hydrogen-bond acceptors (Lipinski definition) is 3. The second-order valence-corrected chi connectivity index (χ2v) is 5.85. The molecule has 0 spiro atoms. The topological polar surface area (TPSA) is 44.1 Å². The molecule has 0 saturated carbocycles. The molecule has 0 saturated heterocycles. The van der Waals surface area contributed by atoms with Crippen molar-refractivity contribution in [1.82, 2.24) is 9.55 Å². The van der Waals surface area contributed by atoms with Gasteiger partial charge in [-0.3, -0.25) is 4.79 Å². The number of allylic oxidation sites excluding steroid dienone is 1. The van der Waals surface area contributed by atoms with E-state index in [2.05, 4.69) is 23.4 Å². The van der Waals surface area contributed by atoms with Crippen LogP contribution >= 0.6 is 0 Å². The Balaban J connectivity index is 1.95. The molecule has 0 bridgehead atoms. The number of benzene rings is 2. The molecule has 3 aromatic rings. The van der Waals surface area contributed by atoms with E-state index in [1.807, 2.05) is 36.4 Å². The van der Waals surface area contributed by atoms with Gasteiger partial charge in [-0.25, -0.2) is 4.98 Å². The van der Waals surface area contributed by atoms with E-state index in [-0.39, 0.29) is 11.8 Å². The Hall–Kier alpha value is -2.88. The van der Waals surface area contributed by atoms with Crippen molar-refractivity contribution in [3.05, 3.63) is 66.0 Å². The fraction of sp³-hybridized carbons (Fsp3) is 0.200. The number of nitrogens with zero attached hydrogens (tertiary/aromatic N) is 2. The highest BCUT2D eigenvalue weighted by Crippen LogP contribution is 2.22. The molecule has 4 heteroatoms. The summed E-state index contributed by atoms with van der Waals surface area (Å²) in [7, 11) is 1.59. The lowest BCUT2D eigenvalue weighted by atomic mass is 10.1. The minimum atomic E-state index is -0.0729. The quantitative estimate of drug-likeness (QED) is 0.513. The van der Waals surface area contributed by atoms with Crippen LogP contribution in [-0.2, 0) is 0 Å². The van der Waals surface area contributed by atoms with Gasteiger partial charge >= 0.3 is 0 Å². The van der Waals surface area contributed by atoms with Crippen LogP contribution in [0.15, 0.2) is 54.6 Å². The van der Waals surface area contributed by atoms with E-state index in [9.17, 15) is 4.79 Å². The zero-order valence-corrected chi connectivity index (χ0v) is 14.1. The summed E-state index contributed by atoms with van der Waals surface area (Å²) in [6.45, 7) is 4.21. The van der Waals surface area contributed by atoms with Crippen molar-refractivity contribution in [2.75, 3.05) is 7.11 Å². The smallest absolute Gasteiger partial charge is 0.186 e. The van der Waals surface area contributed by atoms with Crippen LogP contribution in [0.1, 0.15) is 36.1 Å².